The zero-order valence-electron chi connectivity index (χ0n) is 10.8. The Labute approximate surface area is 141 Å². The predicted molar refractivity (Wildman–Crippen MR) is 95.9 cm³/mol. The van der Waals surface area contributed by atoms with Crippen LogP contribution in [-0.4, -0.2) is 6.54 Å². The molecule has 19 heavy (non-hydrogen) atoms. The number of benzene rings is 1. The van der Waals surface area contributed by atoms with Crippen molar-refractivity contribution >= 4 is 49.9 Å². The highest BCUT2D eigenvalue weighted by Gasteiger charge is 2.14. The molecule has 0 saturated carbocycles. The van der Waals surface area contributed by atoms with E-state index in [0.717, 1.165) is 19.4 Å². The van der Waals surface area contributed by atoms with Crippen LogP contribution in [0.5, 0.6) is 0 Å². The summed E-state index contributed by atoms with van der Waals surface area (Å²) in [5.41, 5.74) is 2.80. The summed E-state index contributed by atoms with van der Waals surface area (Å²) in [5.74, 6) is 0. The molecular formula is C15H17BrINS. The molecule has 1 nitrogen and oxygen atoms in total. The van der Waals surface area contributed by atoms with Crippen molar-refractivity contribution in [2.75, 3.05) is 6.54 Å². The van der Waals surface area contributed by atoms with E-state index in [1.807, 2.05) is 0 Å². The first kappa shape index (κ1) is 15.5. The zero-order chi connectivity index (χ0) is 13.7. The minimum atomic E-state index is 0.411. The summed E-state index contributed by atoms with van der Waals surface area (Å²) in [4.78, 5) is 0. The van der Waals surface area contributed by atoms with Crippen LogP contribution in [0.1, 0.15) is 30.5 Å². The van der Waals surface area contributed by atoms with Crippen LogP contribution in [0.25, 0.3) is 0 Å². The van der Waals surface area contributed by atoms with E-state index in [1.54, 1.807) is 11.3 Å². The summed E-state index contributed by atoms with van der Waals surface area (Å²) < 4.78 is 2.48. The second-order valence-electron chi connectivity index (χ2n) is 4.45. The Kier molecular flexibility index (Phi) is 6.32. The molecule has 1 aromatic heterocycles. The highest BCUT2D eigenvalue weighted by molar-refractivity contribution is 14.1. The predicted octanol–water partition coefficient (Wildman–Crippen LogP) is 5.40. The number of nitrogens with one attached hydrogen (secondary N) is 1. The van der Waals surface area contributed by atoms with Gasteiger partial charge in [0.25, 0.3) is 0 Å². The van der Waals surface area contributed by atoms with Gasteiger partial charge in [0.05, 0.1) is 0 Å². The van der Waals surface area contributed by atoms with E-state index in [0.29, 0.717) is 6.04 Å². The number of hydrogen-bond donors (Lipinski definition) is 1. The molecule has 102 valence electrons. The van der Waals surface area contributed by atoms with Gasteiger partial charge in [-0.1, -0.05) is 22.9 Å². The Balaban J connectivity index is 2.12. The van der Waals surface area contributed by atoms with Gasteiger partial charge in [-0.2, -0.15) is 11.3 Å². The minimum Gasteiger partial charge on any atom is -0.310 e. The molecule has 0 aliphatic carbocycles. The molecule has 0 amide bonds. The highest BCUT2D eigenvalue weighted by atomic mass is 127. The van der Waals surface area contributed by atoms with Gasteiger partial charge >= 0.3 is 0 Å². The third-order valence-corrected chi connectivity index (χ3v) is 5.21. The first-order valence-electron chi connectivity index (χ1n) is 6.40. The van der Waals surface area contributed by atoms with Crippen LogP contribution in [0, 0.1) is 3.57 Å². The van der Waals surface area contributed by atoms with Gasteiger partial charge in [0.2, 0.25) is 0 Å². The molecule has 0 fully saturated rings. The quantitative estimate of drug-likeness (QED) is 0.582. The first-order chi connectivity index (χ1) is 9.20. The van der Waals surface area contributed by atoms with E-state index in [2.05, 4.69) is 85.8 Å². The van der Waals surface area contributed by atoms with Crippen molar-refractivity contribution in [3.8, 4) is 0 Å². The van der Waals surface area contributed by atoms with Crippen LogP contribution in [0.3, 0.4) is 0 Å². The molecule has 2 aromatic rings. The molecule has 0 saturated heterocycles. The van der Waals surface area contributed by atoms with Crippen molar-refractivity contribution in [3.63, 3.8) is 0 Å². The van der Waals surface area contributed by atoms with Crippen molar-refractivity contribution in [1.29, 1.82) is 0 Å². The molecule has 4 heteroatoms. The number of rotatable bonds is 6. The lowest BCUT2D eigenvalue weighted by atomic mass is 10.00. The Morgan fingerprint density at radius 3 is 2.89 bits per heavy atom. The molecule has 0 aliphatic rings. The summed E-state index contributed by atoms with van der Waals surface area (Å²) in [6.07, 6.45) is 2.25. The summed E-state index contributed by atoms with van der Waals surface area (Å²) in [5, 5.41) is 7.99. The largest absolute Gasteiger partial charge is 0.310 e. The van der Waals surface area contributed by atoms with Crippen LogP contribution in [0.4, 0.5) is 0 Å². The first-order valence-corrected chi connectivity index (χ1v) is 9.21. The number of halogens is 2. The Hall–Kier alpha value is 0.0900. The number of aryl methyl sites for hydroxylation is 1. The SMILES string of the molecule is CCNC(CCc1ccsc1)c1cc(I)ccc1Br. The molecule has 2 rings (SSSR count). The molecule has 1 atom stereocenters. The van der Waals surface area contributed by atoms with Gasteiger partial charge in [0.1, 0.15) is 0 Å². The molecule has 0 radical (unpaired) electrons. The van der Waals surface area contributed by atoms with E-state index < -0.39 is 0 Å². The van der Waals surface area contributed by atoms with Crippen molar-refractivity contribution in [3.05, 3.63) is 54.2 Å². The second-order valence-corrected chi connectivity index (χ2v) is 7.33. The lowest BCUT2D eigenvalue weighted by Crippen LogP contribution is -2.22. The minimum absolute atomic E-state index is 0.411. The number of hydrogen-bond acceptors (Lipinski definition) is 2. The van der Waals surface area contributed by atoms with E-state index in [-0.39, 0.29) is 0 Å². The van der Waals surface area contributed by atoms with Crippen molar-refractivity contribution in [1.82, 2.24) is 5.32 Å². The Morgan fingerprint density at radius 2 is 2.21 bits per heavy atom. The van der Waals surface area contributed by atoms with Gasteiger partial charge in [0.15, 0.2) is 0 Å². The lowest BCUT2D eigenvalue weighted by molar-refractivity contribution is 0.514. The maximum absolute atomic E-state index is 3.68. The molecule has 0 aliphatic heterocycles. The van der Waals surface area contributed by atoms with Crippen LogP contribution >= 0.6 is 49.9 Å². The van der Waals surface area contributed by atoms with Gasteiger partial charge in [-0.3, -0.25) is 0 Å². The maximum Gasteiger partial charge on any atom is 0.0334 e. The van der Waals surface area contributed by atoms with Crippen LogP contribution in [0.15, 0.2) is 39.5 Å². The van der Waals surface area contributed by atoms with Gasteiger partial charge in [-0.25, -0.2) is 0 Å². The lowest BCUT2D eigenvalue weighted by Gasteiger charge is -2.20. The Morgan fingerprint density at radius 1 is 1.37 bits per heavy atom. The standard InChI is InChI=1S/C15H17BrINS/c1-2-18-15(6-3-11-7-8-19-10-11)13-9-12(17)4-5-14(13)16/h4-5,7-10,15,18H,2-3,6H2,1H3. The van der Waals surface area contributed by atoms with Crippen LogP contribution < -0.4 is 5.32 Å². The fourth-order valence-corrected chi connectivity index (χ4v) is 3.88. The average molecular weight is 450 g/mol. The van der Waals surface area contributed by atoms with E-state index >= 15 is 0 Å². The summed E-state index contributed by atoms with van der Waals surface area (Å²) in [6.45, 7) is 3.16. The molecule has 1 heterocycles. The van der Waals surface area contributed by atoms with Gasteiger partial charge in [0, 0.05) is 14.1 Å². The van der Waals surface area contributed by atoms with Gasteiger partial charge in [-0.05, 0) is 88.1 Å². The molecule has 1 N–H and O–H groups in total. The average Bonchev–Trinajstić information content (AvgIpc) is 2.91. The van der Waals surface area contributed by atoms with Gasteiger partial charge in [-0.15, -0.1) is 0 Å². The molecule has 0 spiro atoms. The molecule has 1 aromatic carbocycles. The fraction of sp³-hybridized carbons (Fsp3) is 0.333. The second kappa shape index (κ2) is 7.76. The maximum atomic E-state index is 3.68. The summed E-state index contributed by atoms with van der Waals surface area (Å²) >= 11 is 7.83. The molecular weight excluding hydrogens is 433 g/mol. The topological polar surface area (TPSA) is 12.0 Å². The normalized spacial score (nSPS) is 12.6. The monoisotopic (exact) mass is 449 g/mol. The van der Waals surface area contributed by atoms with Crippen LogP contribution in [0.2, 0.25) is 0 Å². The third-order valence-electron chi connectivity index (χ3n) is 3.09. The van der Waals surface area contributed by atoms with E-state index in [1.165, 1.54) is 19.2 Å². The Bertz CT molecular complexity index is 513. The van der Waals surface area contributed by atoms with Crippen LogP contribution in [-0.2, 0) is 6.42 Å². The highest BCUT2D eigenvalue weighted by Crippen LogP contribution is 2.28. The summed E-state index contributed by atoms with van der Waals surface area (Å²) in [6, 6.07) is 9.18. The molecule has 0 bridgehead atoms. The van der Waals surface area contributed by atoms with Gasteiger partial charge < -0.3 is 5.32 Å². The zero-order valence-corrected chi connectivity index (χ0v) is 15.4. The third kappa shape index (κ3) is 4.55. The number of thiophene rings is 1. The van der Waals surface area contributed by atoms with E-state index in [9.17, 15) is 0 Å². The van der Waals surface area contributed by atoms with Crippen molar-refractivity contribution < 1.29 is 0 Å². The molecule has 1 unspecified atom stereocenters. The summed E-state index contributed by atoms with van der Waals surface area (Å²) in [7, 11) is 0. The smallest absolute Gasteiger partial charge is 0.0334 e. The van der Waals surface area contributed by atoms with Crippen molar-refractivity contribution in [2.45, 2.75) is 25.8 Å². The van der Waals surface area contributed by atoms with E-state index in [4.69, 9.17) is 0 Å². The fourth-order valence-electron chi connectivity index (χ4n) is 2.14. The van der Waals surface area contributed by atoms with Crippen molar-refractivity contribution in [2.24, 2.45) is 0 Å².